The molecule has 1 aromatic carbocycles. The predicted octanol–water partition coefficient (Wildman–Crippen LogP) is 3.22. The fraction of sp³-hybridized carbons (Fsp3) is 0.478. The van der Waals surface area contributed by atoms with E-state index in [2.05, 4.69) is 24.8 Å². The van der Waals surface area contributed by atoms with Gasteiger partial charge in [-0.25, -0.2) is 19.3 Å². The first-order chi connectivity index (χ1) is 15.2. The van der Waals surface area contributed by atoms with Crippen LogP contribution >= 0.6 is 0 Å². The molecule has 162 valence electrons. The number of nitrogens with zero attached hydrogens (tertiary/aromatic N) is 5. The molecule has 7 nitrogen and oxygen atoms in total. The van der Waals surface area contributed by atoms with Crippen LogP contribution in [-0.4, -0.2) is 38.5 Å². The maximum atomic E-state index is 13.1. The minimum Gasteiger partial charge on any atom is -0.354 e. The lowest BCUT2D eigenvalue weighted by Gasteiger charge is -2.32. The van der Waals surface area contributed by atoms with E-state index in [0.29, 0.717) is 13.1 Å². The zero-order valence-corrected chi connectivity index (χ0v) is 17.6. The molecular weight excluding hydrogens is 395 g/mol. The molecule has 0 aliphatic carbocycles. The summed E-state index contributed by atoms with van der Waals surface area (Å²) < 4.78 is 15.3. The van der Waals surface area contributed by atoms with E-state index in [4.69, 9.17) is 4.98 Å². The van der Waals surface area contributed by atoms with Crippen LogP contribution in [-0.2, 0) is 24.3 Å². The molecule has 1 saturated heterocycles. The molecule has 0 spiro atoms. The summed E-state index contributed by atoms with van der Waals surface area (Å²) in [6.45, 7) is 2.83. The first kappa shape index (κ1) is 19.9. The molecule has 4 heterocycles. The third-order valence-corrected chi connectivity index (χ3v) is 6.35. The molecule has 31 heavy (non-hydrogen) atoms. The molecule has 2 aliphatic rings. The minimum absolute atomic E-state index is 0.0277. The summed E-state index contributed by atoms with van der Waals surface area (Å²) in [5.41, 5.74) is 2.65. The first-order valence-corrected chi connectivity index (χ1v) is 11.2. The Kier molecular flexibility index (Phi) is 5.53. The van der Waals surface area contributed by atoms with Crippen molar-refractivity contribution in [1.82, 2.24) is 24.8 Å². The Bertz CT molecular complexity index is 1080. The smallest absolute Gasteiger partial charge is 0.225 e. The number of aromatic nitrogens is 4. The van der Waals surface area contributed by atoms with Gasteiger partial charge in [0.1, 0.15) is 18.0 Å². The lowest BCUT2D eigenvalue weighted by Crippen LogP contribution is -2.43. The molecule has 0 bridgehead atoms. The predicted molar refractivity (Wildman–Crippen MR) is 116 cm³/mol. The van der Waals surface area contributed by atoms with E-state index in [1.807, 2.05) is 0 Å². The Morgan fingerprint density at radius 3 is 2.84 bits per heavy atom. The molecule has 1 atom stereocenters. The number of carbonyl (C=O) groups is 1. The van der Waals surface area contributed by atoms with Gasteiger partial charge in [0.2, 0.25) is 5.91 Å². The van der Waals surface area contributed by atoms with E-state index in [1.165, 1.54) is 18.6 Å². The fourth-order valence-electron chi connectivity index (χ4n) is 4.68. The number of hydrogen-bond acceptors (Lipinski definition) is 5. The topological polar surface area (TPSA) is 75.9 Å². The molecule has 0 radical (unpaired) electrons. The Hall–Kier alpha value is -3.03. The Morgan fingerprint density at radius 1 is 1.10 bits per heavy atom. The van der Waals surface area contributed by atoms with Gasteiger partial charge in [-0.1, -0.05) is 18.6 Å². The lowest BCUT2D eigenvalue weighted by molar-refractivity contribution is -0.125. The number of halogens is 1. The van der Waals surface area contributed by atoms with Crippen molar-refractivity contribution in [2.45, 2.75) is 51.6 Å². The normalized spacial score (nSPS) is 19.1. The molecule has 0 saturated carbocycles. The molecular formula is C23H27FN6O. The van der Waals surface area contributed by atoms with E-state index in [0.717, 1.165) is 73.6 Å². The van der Waals surface area contributed by atoms with Crippen molar-refractivity contribution in [3.63, 3.8) is 0 Å². The average Bonchev–Trinajstić information content (AvgIpc) is 2.99. The molecule has 3 aromatic rings. The quantitative estimate of drug-likeness (QED) is 0.699. The highest BCUT2D eigenvalue weighted by Gasteiger charge is 2.29. The number of benzene rings is 1. The summed E-state index contributed by atoms with van der Waals surface area (Å²) in [5.74, 6) is 1.58. The van der Waals surface area contributed by atoms with Crippen LogP contribution in [0.25, 0.3) is 11.2 Å². The van der Waals surface area contributed by atoms with Crippen molar-refractivity contribution in [1.29, 1.82) is 0 Å². The van der Waals surface area contributed by atoms with Crippen LogP contribution in [0.1, 0.15) is 43.5 Å². The van der Waals surface area contributed by atoms with Gasteiger partial charge in [-0.3, -0.25) is 4.79 Å². The highest BCUT2D eigenvalue weighted by Crippen LogP contribution is 2.29. The highest BCUT2D eigenvalue weighted by molar-refractivity contribution is 5.85. The van der Waals surface area contributed by atoms with Crippen LogP contribution in [0.3, 0.4) is 0 Å². The van der Waals surface area contributed by atoms with Crippen molar-refractivity contribution in [2.75, 3.05) is 18.0 Å². The number of aryl methyl sites for hydroxylation is 2. The highest BCUT2D eigenvalue weighted by atomic mass is 19.1. The van der Waals surface area contributed by atoms with Crippen molar-refractivity contribution in [3.8, 4) is 0 Å². The largest absolute Gasteiger partial charge is 0.354 e. The number of fused-ring (bicyclic) bond motifs is 3. The number of amides is 1. The summed E-state index contributed by atoms with van der Waals surface area (Å²) in [4.78, 5) is 29.0. The molecule has 2 aromatic heterocycles. The maximum absolute atomic E-state index is 13.1. The third-order valence-electron chi connectivity index (χ3n) is 6.35. The summed E-state index contributed by atoms with van der Waals surface area (Å²) in [6.07, 6.45) is 7.90. The van der Waals surface area contributed by atoms with E-state index >= 15 is 0 Å². The summed E-state index contributed by atoms with van der Waals surface area (Å²) in [6, 6.07) is 6.22. The number of anilines is 1. The van der Waals surface area contributed by atoms with E-state index in [1.54, 1.807) is 18.5 Å². The maximum Gasteiger partial charge on any atom is 0.225 e. The van der Waals surface area contributed by atoms with Gasteiger partial charge < -0.3 is 14.8 Å². The average molecular weight is 423 g/mol. The van der Waals surface area contributed by atoms with Gasteiger partial charge >= 0.3 is 0 Å². The standard InChI is InChI=1S/C23H27FN6O/c24-18-9-7-16(8-10-18)13-25-23(31)17-5-4-11-29(14-17)21-20-22(27-15-26-21)30-12-3-1-2-6-19(30)28-20/h7-10,15,17H,1-6,11-14H2,(H,25,31). The van der Waals surface area contributed by atoms with Crippen molar-refractivity contribution >= 4 is 22.9 Å². The number of hydrogen-bond donors (Lipinski definition) is 1. The second kappa shape index (κ2) is 8.61. The Balaban J connectivity index is 1.31. The van der Waals surface area contributed by atoms with E-state index in [-0.39, 0.29) is 17.6 Å². The van der Waals surface area contributed by atoms with Crippen molar-refractivity contribution in [2.24, 2.45) is 5.92 Å². The Labute approximate surface area is 180 Å². The van der Waals surface area contributed by atoms with Gasteiger partial charge in [0.05, 0.1) is 5.92 Å². The zero-order valence-electron chi connectivity index (χ0n) is 17.6. The van der Waals surface area contributed by atoms with E-state index < -0.39 is 0 Å². The van der Waals surface area contributed by atoms with E-state index in [9.17, 15) is 9.18 Å². The summed E-state index contributed by atoms with van der Waals surface area (Å²) >= 11 is 0. The third kappa shape index (κ3) is 4.11. The minimum atomic E-state index is -0.272. The molecule has 8 heteroatoms. The van der Waals surface area contributed by atoms with Crippen LogP contribution in [0, 0.1) is 11.7 Å². The van der Waals surface area contributed by atoms with Gasteiger partial charge in [-0.15, -0.1) is 0 Å². The Morgan fingerprint density at radius 2 is 1.97 bits per heavy atom. The second-order valence-corrected chi connectivity index (χ2v) is 8.49. The molecule has 5 rings (SSSR count). The van der Waals surface area contributed by atoms with Crippen LogP contribution in [0.5, 0.6) is 0 Å². The van der Waals surface area contributed by atoms with Gasteiger partial charge in [0.25, 0.3) is 0 Å². The van der Waals surface area contributed by atoms with Crippen molar-refractivity contribution < 1.29 is 9.18 Å². The molecule has 2 aliphatic heterocycles. The summed E-state index contributed by atoms with van der Waals surface area (Å²) in [7, 11) is 0. The molecule has 1 N–H and O–H groups in total. The lowest BCUT2D eigenvalue weighted by atomic mass is 9.97. The fourth-order valence-corrected chi connectivity index (χ4v) is 4.68. The number of rotatable bonds is 4. The number of piperidine rings is 1. The van der Waals surface area contributed by atoms with Crippen LogP contribution < -0.4 is 10.2 Å². The van der Waals surface area contributed by atoms with Crippen molar-refractivity contribution in [3.05, 3.63) is 47.8 Å². The van der Waals surface area contributed by atoms with Gasteiger partial charge in [0, 0.05) is 32.6 Å². The molecule has 1 fully saturated rings. The molecule has 1 amide bonds. The SMILES string of the molecule is O=C(NCc1ccc(F)cc1)C1CCCN(c2ncnc3c2nc2n3CCCCC2)C1. The number of nitrogens with one attached hydrogen (secondary N) is 1. The molecule has 1 unspecified atom stereocenters. The van der Waals surface area contributed by atoms with Gasteiger partial charge in [0.15, 0.2) is 17.0 Å². The second-order valence-electron chi connectivity index (χ2n) is 8.49. The van der Waals surface area contributed by atoms with Crippen LogP contribution in [0.4, 0.5) is 10.2 Å². The first-order valence-electron chi connectivity index (χ1n) is 11.2. The number of imidazole rings is 1. The summed E-state index contributed by atoms with van der Waals surface area (Å²) in [5, 5.41) is 3.00. The van der Waals surface area contributed by atoms with Gasteiger partial charge in [-0.2, -0.15) is 0 Å². The van der Waals surface area contributed by atoms with Gasteiger partial charge in [-0.05, 0) is 43.4 Å². The zero-order chi connectivity index (χ0) is 21.2. The number of carbonyl (C=O) groups excluding carboxylic acids is 1. The monoisotopic (exact) mass is 422 g/mol. The van der Waals surface area contributed by atoms with Crippen LogP contribution in [0.15, 0.2) is 30.6 Å². The van der Waals surface area contributed by atoms with Crippen LogP contribution in [0.2, 0.25) is 0 Å².